The van der Waals surface area contributed by atoms with Gasteiger partial charge in [-0.15, -0.1) is 0 Å². The van der Waals surface area contributed by atoms with Crippen LogP contribution in [0.2, 0.25) is 0 Å². The summed E-state index contributed by atoms with van der Waals surface area (Å²) in [4.78, 5) is 32.9. The molecule has 0 bridgehead atoms. The van der Waals surface area contributed by atoms with Gasteiger partial charge in [0.1, 0.15) is 18.0 Å². The van der Waals surface area contributed by atoms with Gasteiger partial charge >= 0.3 is 12.1 Å². The summed E-state index contributed by atoms with van der Waals surface area (Å²) >= 11 is 0. The van der Waals surface area contributed by atoms with Crippen molar-refractivity contribution in [1.29, 1.82) is 0 Å². The SMILES string of the molecule is O=C(O)c1cn(-c2cc3c(cc2F)c(=O)c(-c2noc(Cc4ccccc4)n2)cn3Cc2ccc(C(F)(F)F)cc2F)cn1. The first-order valence-corrected chi connectivity index (χ1v) is 12.8. The van der Waals surface area contributed by atoms with Crippen LogP contribution in [0, 0.1) is 11.6 Å². The van der Waals surface area contributed by atoms with Gasteiger partial charge in [0.25, 0.3) is 0 Å². The summed E-state index contributed by atoms with van der Waals surface area (Å²) in [6.07, 6.45) is -1.11. The van der Waals surface area contributed by atoms with E-state index in [4.69, 9.17) is 4.52 Å². The number of carbonyl (C=O) groups is 1. The second kappa shape index (κ2) is 10.9. The lowest BCUT2D eigenvalue weighted by Crippen LogP contribution is -2.15. The summed E-state index contributed by atoms with van der Waals surface area (Å²) in [5, 5.41) is 12.9. The fourth-order valence-electron chi connectivity index (χ4n) is 4.69. The van der Waals surface area contributed by atoms with Crippen LogP contribution < -0.4 is 5.43 Å². The number of nitrogens with zero attached hydrogens (tertiary/aromatic N) is 5. The van der Waals surface area contributed by atoms with Gasteiger partial charge in [0, 0.05) is 23.3 Å². The van der Waals surface area contributed by atoms with Gasteiger partial charge in [-0.25, -0.2) is 18.6 Å². The number of hydrogen-bond donors (Lipinski definition) is 1. The normalized spacial score (nSPS) is 11.8. The predicted molar refractivity (Wildman–Crippen MR) is 145 cm³/mol. The van der Waals surface area contributed by atoms with E-state index in [9.17, 15) is 32.3 Å². The maximum Gasteiger partial charge on any atom is 0.416 e. The molecule has 0 amide bonds. The third-order valence-electron chi connectivity index (χ3n) is 6.86. The molecule has 3 aromatic carbocycles. The maximum absolute atomic E-state index is 15.4. The number of carboxylic acid groups (broad SMARTS) is 1. The fraction of sp³-hybridized carbons (Fsp3) is 0.100. The number of pyridine rings is 1. The number of carboxylic acids is 1. The van der Waals surface area contributed by atoms with Gasteiger partial charge < -0.3 is 18.8 Å². The first-order valence-electron chi connectivity index (χ1n) is 12.8. The molecule has 0 fully saturated rings. The van der Waals surface area contributed by atoms with Crippen LogP contribution in [0.3, 0.4) is 0 Å². The highest BCUT2D eigenvalue weighted by molar-refractivity contribution is 5.86. The van der Waals surface area contributed by atoms with E-state index in [-0.39, 0.29) is 58.1 Å². The van der Waals surface area contributed by atoms with Crippen molar-refractivity contribution in [3.05, 3.63) is 130 Å². The second-order valence-electron chi connectivity index (χ2n) is 9.77. The van der Waals surface area contributed by atoms with Crippen LogP contribution in [0.15, 0.2) is 88.7 Å². The third kappa shape index (κ3) is 5.44. The zero-order valence-corrected chi connectivity index (χ0v) is 22.2. The number of fused-ring (bicyclic) bond motifs is 1. The lowest BCUT2D eigenvalue weighted by Gasteiger charge is -2.16. The molecule has 0 spiro atoms. The molecule has 6 aromatic rings. The number of rotatable bonds is 7. The van der Waals surface area contributed by atoms with Crippen molar-refractivity contribution in [3.8, 4) is 17.1 Å². The number of hydrogen-bond acceptors (Lipinski definition) is 6. The molecule has 44 heavy (non-hydrogen) atoms. The van der Waals surface area contributed by atoms with Gasteiger partial charge in [0.15, 0.2) is 5.69 Å². The van der Waals surface area contributed by atoms with Crippen LogP contribution in [0.4, 0.5) is 22.0 Å². The van der Waals surface area contributed by atoms with Crippen molar-refractivity contribution < 1.29 is 36.4 Å². The first kappa shape index (κ1) is 28.5. The van der Waals surface area contributed by atoms with E-state index in [2.05, 4.69) is 15.1 Å². The van der Waals surface area contributed by atoms with E-state index in [1.54, 1.807) is 0 Å². The Kier molecular flexibility index (Phi) is 7.03. The lowest BCUT2D eigenvalue weighted by atomic mass is 10.1. The molecule has 0 atom stereocenters. The van der Waals surface area contributed by atoms with Gasteiger partial charge in [-0.2, -0.15) is 18.2 Å². The van der Waals surface area contributed by atoms with Gasteiger partial charge in [0.05, 0.1) is 35.3 Å². The fourth-order valence-corrected chi connectivity index (χ4v) is 4.69. The molecular weight excluding hydrogens is 589 g/mol. The van der Waals surface area contributed by atoms with E-state index < -0.39 is 34.8 Å². The molecule has 0 saturated carbocycles. The molecular formula is C30H18F5N5O4. The summed E-state index contributed by atoms with van der Waals surface area (Å²) in [6.45, 7) is -0.377. The molecule has 0 aliphatic carbocycles. The summed E-state index contributed by atoms with van der Waals surface area (Å²) in [6, 6.07) is 13.4. The zero-order valence-electron chi connectivity index (χ0n) is 22.2. The highest BCUT2D eigenvalue weighted by Gasteiger charge is 2.31. The quantitative estimate of drug-likeness (QED) is 0.226. The Bertz CT molecular complexity index is 2100. The molecule has 3 aromatic heterocycles. The Balaban J connectivity index is 1.50. The van der Waals surface area contributed by atoms with E-state index in [0.717, 1.165) is 40.9 Å². The number of aromatic carboxylic acids is 1. The van der Waals surface area contributed by atoms with Crippen molar-refractivity contribution in [1.82, 2.24) is 24.3 Å². The molecule has 0 aliphatic heterocycles. The van der Waals surface area contributed by atoms with E-state index in [1.807, 2.05) is 30.3 Å². The van der Waals surface area contributed by atoms with Crippen LogP contribution in [-0.2, 0) is 19.1 Å². The second-order valence-corrected chi connectivity index (χ2v) is 9.77. The maximum atomic E-state index is 15.4. The van der Waals surface area contributed by atoms with E-state index in [1.165, 1.54) is 16.8 Å². The van der Waals surface area contributed by atoms with Gasteiger partial charge in [-0.05, 0) is 29.8 Å². The van der Waals surface area contributed by atoms with Gasteiger partial charge in [-0.3, -0.25) is 4.79 Å². The molecule has 1 N–H and O–H groups in total. The minimum atomic E-state index is -4.77. The molecule has 0 unspecified atom stereocenters. The Morgan fingerprint density at radius 1 is 0.977 bits per heavy atom. The van der Waals surface area contributed by atoms with Crippen LogP contribution in [-0.4, -0.2) is 35.3 Å². The van der Waals surface area contributed by atoms with Crippen molar-refractivity contribution in [2.24, 2.45) is 0 Å². The van der Waals surface area contributed by atoms with Crippen LogP contribution in [0.1, 0.15) is 33.1 Å². The predicted octanol–water partition coefficient (Wildman–Crippen LogP) is 5.87. The van der Waals surface area contributed by atoms with Crippen LogP contribution in [0.5, 0.6) is 0 Å². The van der Waals surface area contributed by atoms with Crippen LogP contribution in [0.25, 0.3) is 28.0 Å². The Morgan fingerprint density at radius 2 is 1.75 bits per heavy atom. The molecule has 0 aliphatic rings. The average molecular weight is 607 g/mol. The number of aromatic nitrogens is 5. The molecule has 0 saturated heterocycles. The van der Waals surface area contributed by atoms with Gasteiger partial charge in [0.2, 0.25) is 17.1 Å². The Hall–Kier alpha value is -5.66. The number of benzene rings is 3. The lowest BCUT2D eigenvalue weighted by molar-refractivity contribution is -0.137. The standard InChI is InChI=1S/C30H18F5N5O4/c31-21-9-18(30(33,34)35)7-6-17(21)12-39-13-20(28-37-26(44-38-28)8-16-4-2-1-3-5-16)27(41)19-10-22(32)25(11-24(19)39)40-14-23(29(42)43)36-15-40/h1-7,9-11,13-15H,8,12H2,(H,42,43). The van der Waals surface area contributed by atoms with E-state index >= 15 is 4.39 Å². The molecule has 0 radical (unpaired) electrons. The minimum absolute atomic E-state index is 0.0630. The summed E-state index contributed by atoms with van der Waals surface area (Å²) in [7, 11) is 0. The monoisotopic (exact) mass is 607 g/mol. The van der Waals surface area contributed by atoms with Gasteiger partial charge in [-0.1, -0.05) is 41.6 Å². The molecule has 14 heteroatoms. The van der Waals surface area contributed by atoms with Crippen molar-refractivity contribution in [2.45, 2.75) is 19.1 Å². The molecule has 222 valence electrons. The third-order valence-corrected chi connectivity index (χ3v) is 6.86. The highest BCUT2D eigenvalue weighted by atomic mass is 19.4. The number of alkyl halides is 3. The smallest absolute Gasteiger partial charge is 0.416 e. The minimum Gasteiger partial charge on any atom is -0.476 e. The topological polar surface area (TPSA) is 116 Å². The Morgan fingerprint density at radius 3 is 2.43 bits per heavy atom. The molecule has 9 nitrogen and oxygen atoms in total. The number of imidazole rings is 1. The van der Waals surface area contributed by atoms with Crippen molar-refractivity contribution >= 4 is 16.9 Å². The average Bonchev–Trinajstić information content (AvgIpc) is 3.66. The molecule has 3 heterocycles. The summed E-state index contributed by atoms with van der Waals surface area (Å²) in [5.74, 6) is -3.36. The first-order chi connectivity index (χ1) is 21.0. The highest BCUT2D eigenvalue weighted by Crippen LogP contribution is 2.31. The Labute approximate surface area is 243 Å². The molecule has 6 rings (SSSR count). The van der Waals surface area contributed by atoms with E-state index in [0.29, 0.717) is 6.07 Å². The van der Waals surface area contributed by atoms with Crippen LogP contribution >= 0.6 is 0 Å². The summed E-state index contributed by atoms with van der Waals surface area (Å²) < 4.78 is 77.5. The number of halogens is 5. The largest absolute Gasteiger partial charge is 0.476 e. The summed E-state index contributed by atoms with van der Waals surface area (Å²) in [5.41, 5.74) is -1.79. The zero-order chi connectivity index (χ0) is 31.2. The van der Waals surface area contributed by atoms with Crippen molar-refractivity contribution in [2.75, 3.05) is 0 Å². The van der Waals surface area contributed by atoms with Crippen molar-refractivity contribution in [3.63, 3.8) is 0 Å².